The summed E-state index contributed by atoms with van der Waals surface area (Å²) in [6.45, 7) is 19.1. The molecular weight excluding hydrogens is 563 g/mol. The van der Waals surface area contributed by atoms with Crippen molar-refractivity contribution in [3.63, 3.8) is 0 Å². The third kappa shape index (κ3) is 23.2. The number of nitrogens with one attached hydrogen (secondary N) is 1. The van der Waals surface area contributed by atoms with Gasteiger partial charge in [0.1, 0.15) is 5.70 Å². The highest BCUT2D eigenvalue weighted by atomic mass is 31.2. The Morgan fingerprint density at radius 1 is 1.07 bits per heavy atom. The molecule has 0 aliphatic carbocycles. The molecule has 0 rings (SSSR count). The first-order valence-corrected chi connectivity index (χ1v) is 17.5. The molecule has 0 aromatic heterocycles. The number of terminal acetylenes is 1. The molecule has 43 heavy (non-hydrogen) atoms. The normalized spacial score (nSPS) is 14.3. The molecule has 0 aliphatic rings. The first kappa shape index (κ1) is 42.2. The van der Waals surface area contributed by atoms with Crippen molar-refractivity contribution < 1.29 is 23.8 Å². The molecule has 1 unspecified atom stereocenters. The van der Waals surface area contributed by atoms with E-state index < -0.39 is 7.04 Å². The zero-order valence-corrected chi connectivity index (χ0v) is 28.9. The molecule has 0 fully saturated rings. The Kier molecular flexibility index (Phi) is 25.0. The van der Waals surface area contributed by atoms with Gasteiger partial charge in [0, 0.05) is 12.0 Å². The van der Waals surface area contributed by atoms with E-state index in [-0.39, 0.29) is 24.4 Å². The monoisotopic (exact) mass is 618 g/mol. The van der Waals surface area contributed by atoms with Crippen LogP contribution in [0.5, 0.6) is 0 Å². The molecule has 0 heterocycles. The highest BCUT2D eigenvalue weighted by Gasteiger charge is 2.11. The van der Waals surface area contributed by atoms with Gasteiger partial charge in [-0.2, -0.15) is 0 Å². The van der Waals surface area contributed by atoms with Crippen molar-refractivity contribution in [2.45, 2.75) is 81.1 Å². The molecule has 0 aliphatic heterocycles. The van der Waals surface area contributed by atoms with E-state index >= 15 is 0 Å². The van der Waals surface area contributed by atoms with Crippen molar-refractivity contribution in [3.05, 3.63) is 63.3 Å². The number of hydrogen-bond donors (Lipinski definition) is 1. The first-order valence-electron chi connectivity index (χ1n) is 14.9. The largest absolute Gasteiger partial charge is 0.466 e. The molecule has 1 N–H and O–H groups in total. The Morgan fingerprint density at radius 3 is 2.16 bits per heavy atom. The Balaban J connectivity index is 0. The van der Waals surface area contributed by atoms with Gasteiger partial charge in [-0.3, -0.25) is 14.7 Å². The molecule has 0 aromatic carbocycles. The van der Waals surface area contributed by atoms with Crippen LogP contribution in [-0.2, 0) is 23.8 Å². The fraction of sp³-hybridized carbons (Fsp3) is 0.559. The number of allylic oxidation sites excluding steroid dienone is 8. The minimum absolute atomic E-state index is 0.105. The maximum Gasteiger partial charge on any atom is 0.320 e. The van der Waals surface area contributed by atoms with Gasteiger partial charge in [-0.05, 0) is 87.6 Å². The summed E-state index contributed by atoms with van der Waals surface area (Å²) in [6, 6.07) is 0. The van der Waals surface area contributed by atoms with Crippen molar-refractivity contribution in [2.24, 2.45) is 11.1 Å². The summed E-state index contributed by atoms with van der Waals surface area (Å²) < 4.78 is 15.6. The summed E-state index contributed by atoms with van der Waals surface area (Å²) in [6.07, 6.45) is 22.6. The molecule has 0 amide bonds. The van der Waals surface area contributed by atoms with Gasteiger partial charge < -0.3 is 14.2 Å². The average Bonchev–Trinajstić information content (AvgIpc) is 2.98. The Hall–Kier alpha value is -2.98. The molecule has 9 heteroatoms. The number of carbonyl (C=O) groups excluding carboxylic acids is 2. The van der Waals surface area contributed by atoms with Crippen LogP contribution in [0.3, 0.4) is 0 Å². The minimum atomic E-state index is -1.85. The number of nitroso groups, excluding NO2 is 1. The molecule has 0 saturated heterocycles. The first-order chi connectivity index (χ1) is 20.3. The second-order valence-electron chi connectivity index (χ2n) is 10.5. The van der Waals surface area contributed by atoms with Crippen LogP contribution in [0.4, 0.5) is 0 Å². The van der Waals surface area contributed by atoms with Gasteiger partial charge in [0.2, 0.25) is 0 Å². The maximum atomic E-state index is 11.7. The van der Waals surface area contributed by atoms with Crippen LogP contribution in [0.2, 0.25) is 0 Å². The number of hydrogen-bond acceptors (Lipinski definition) is 8. The van der Waals surface area contributed by atoms with E-state index in [2.05, 4.69) is 22.5 Å². The SMILES string of the molecule is C#C/C(C)=C(CC(/C=C\C(=C\C(C)C)N=O)=C/C)\C(C)=C/COCP(=C)(C)NCC(=O)OCCC.CCCOC(=O)CC. The zero-order valence-electron chi connectivity index (χ0n) is 28.0. The third-order valence-electron chi connectivity index (χ3n) is 5.69. The standard InChI is InChI=1S/C28H43N2O4P.C6H12O2/c1-10-16-34-28(31)20-29-35(8,9)21-33-17-15-24(7)27(23(6)11-2)19-25(12-3)13-14-26(30-32)18-22(4)5;1-3-5-8-6(7)4-2/h2,12-15,18,22,29H,8,10,16-17,19-21H2,1,3-7,9H3;3-5H2,1-2H3/b14-13-,24-15-,25-12+,26-18-,27-23-;. The summed E-state index contributed by atoms with van der Waals surface area (Å²) in [5.41, 5.74) is 4.34. The highest BCUT2D eigenvalue weighted by molar-refractivity contribution is 7.70. The second-order valence-corrected chi connectivity index (χ2v) is 13.8. The van der Waals surface area contributed by atoms with Gasteiger partial charge in [0.05, 0.1) is 32.7 Å². The summed E-state index contributed by atoms with van der Waals surface area (Å²) in [4.78, 5) is 33.1. The van der Waals surface area contributed by atoms with Gasteiger partial charge in [0.15, 0.2) is 0 Å². The molecule has 0 radical (unpaired) electrons. The van der Waals surface area contributed by atoms with Crippen molar-refractivity contribution in [1.29, 1.82) is 0 Å². The summed E-state index contributed by atoms with van der Waals surface area (Å²) in [7, 11) is -1.85. The van der Waals surface area contributed by atoms with Crippen LogP contribution in [-0.4, -0.2) is 57.6 Å². The quantitative estimate of drug-likeness (QED) is 0.0391. The van der Waals surface area contributed by atoms with Crippen molar-refractivity contribution in [1.82, 2.24) is 5.09 Å². The lowest BCUT2D eigenvalue weighted by Gasteiger charge is -2.20. The Bertz CT molecular complexity index is 1110. The number of nitrogens with zero attached hydrogens (tertiary/aromatic N) is 1. The molecule has 8 nitrogen and oxygen atoms in total. The molecule has 0 saturated carbocycles. The lowest BCUT2D eigenvalue weighted by atomic mass is 9.94. The molecule has 0 bridgehead atoms. The number of carbonyl (C=O) groups is 2. The van der Waals surface area contributed by atoms with E-state index in [9.17, 15) is 14.5 Å². The fourth-order valence-electron chi connectivity index (χ4n) is 3.21. The van der Waals surface area contributed by atoms with E-state index in [1.807, 2.05) is 79.4 Å². The maximum absolute atomic E-state index is 11.7. The molecular formula is C34H55N2O6P. The van der Waals surface area contributed by atoms with E-state index in [1.165, 1.54) is 0 Å². The fourth-order valence-corrected chi connectivity index (χ4v) is 4.32. The van der Waals surface area contributed by atoms with Gasteiger partial charge in [-0.25, -0.2) is 0 Å². The minimum Gasteiger partial charge on any atom is -0.466 e. The van der Waals surface area contributed by atoms with Gasteiger partial charge >= 0.3 is 11.9 Å². The van der Waals surface area contributed by atoms with Crippen LogP contribution in [0.15, 0.2) is 63.5 Å². The summed E-state index contributed by atoms with van der Waals surface area (Å²) in [5.74, 6) is 2.60. The van der Waals surface area contributed by atoms with Crippen LogP contribution >= 0.6 is 7.04 Å². The van der Waals surface area contributed by atoms with Crippen LogP contribution in [0.25, 0.3) is 0 Å². The van der Waals surface area contributed by atoms with Crippen molar-refractivity contribution in [2.75, 3.05) is 39.4 Å². The highest BCUT2D eigenvalue weighted by Crippen LogP contribution is 2.34. The average molecular weight is 619 g/mol. The molecule has 1 atom stereocenters. The number of esters is 2. The van der Waals surface area contributed by atoms with Crippen LogP contribution in [0, 0.1) is 23.2 Å². The van der Waals surface area contributed by atoms with E-state index in [1.54, 1.807) is 13.0 Å². The smallest absolute Gasteiger partial charge is 0.320 e. The second kappa shape index (κ2) is 25.5. The van der Waals surface area contributed by atoms with Crippen LogP contribution < -0.4 is 5.09 Å². The Labute approximate surface area is 261 Å². The zero-order chi connectivity index (χ0) is 33.3. The van der Waals surface area contributed by atoms with Crippen molar-refractivity contribution in [3.8, 4) is 12.3 Å². The number of ether oxygens (including phenoxy) is 3. The molecule has 0 aromatic rings. The van der Waals surface area contributed by atoms with Crippen molar-refractivity contribution >= 4 is 25.3 Å². The van der Waals surface area contributed by atoms with Gasteiger partial charge in [-0.15, -0.1) is 11.3 Å². The van der Waals surface area contributed by atoms with Gasteiger partial charge in [-0.1, -0.05) is 71.1 Å². The Morgan fingerprint density at radius 2 is 1.67 bits per heavy atom. The molecule has 0 spiro atoms. The predicted octanol–water partition coefficient (Wildman–Crippen LogP) is 7.94. The number of rotatable bonds is 19. The predicted molar refractivity (Wildman–Crippen MR) is 183 cm³/mol. The topological polar surface area (TPSA) is 103 Å². The van der Waals surface area contributed by atoms with E-state index in [4.69, 9.17) is 20.6 Å². The summed E-state index contributed by atoms with van der Waals surface area (Å²) >= 11 is 0. The van der Waals surface area contributed by atoms with Gasteiger partial charge in [0.25, 0.3) is 0 Å². The molecule has 242 valence electrons. The van der Waals surface area contributed by atoms with Crippen LogP contribution in [0.1, 0.15) is 81.1 Å². The lowest BCUT2D eigenvalue weighted by Crippen LogP contribution is -2.24. The summed E-state index contributed by atoms with van der Waals surface area (Å²) in [5, 5.41) is 6.27. The van der Waals surface area contributed by atoms with E-state index in [0.717, 1.165) is 35.1 Å². The van der Waals surface area contributed by atoms with E-state index in [0.29, 0.717) is 44.7 Å². The lowest BCUT2D eigenvalue weighted by molar-refractivity contribution is -0.143. The third-order valence-corrected chi connectivity index (χ3v) is 7.36.